The van der Waals surface area contributed by atoms with Gasteiger partial charge in [0.05, 0.1) is 31.7 Å². The van der Waals surface area contributed by atoms with E-state index in [4.69, 9.17) is 14.2 Å². The normalized spacial score (nSPS) is 17.4. The second kappa shape index (κ2) is 10.1. The summed E-state index contributed by atoms with van der Waals surface area (Å²) in [6.07, 6.45) is 6.05. The van der Waals surface area contributed by atoms with Crippen LogP contribution in [0.25, 0.3) is 0 Å². The van der Waals surface area contributed by atoms with Crippen molar-refractivity contribution in [2.45, 2.75) is 41.8 Å². The summed E-state index contributed by atoms with van der Waals surface area (Å²) in [5.74, 6) is 1.04. The zero-order chi connectivity index (χ0) is 24.4. The second-order valence-corrected chi connectivity index (χ2v) is 9.28. The van der Waals surface area contributed by atoms with Gasteiger partial charge in [-0.1, -0.05) is 17.8 Å². The van der Waals surface area contributed by atoms with Crippen LogP contribution < -0.4 is 19.9 Å². The third kappa shape index (κ3) is 4.51. The molecule has 182 valence electrons. The number of amides is 1. The lowest BCUT2D eigenvalue weighted by Gasteiger charge is -2.26. The van der Waals surface area contributed by atoms with Gasteiger partial charge in [-0.2, -0.15) is 9.78 Å². The summed E-state index contributed by atoms with van der Waals surface area (Å²) >= 11 is 1.21. The predicted octanol–water partition coefficient (Wildman–Crippen LogP) is 3.71. The van der Waals surface area contributed by atoms with Crippen molar-refractivity contribution < 1.29 is 19.0 Å². The van der Waals surface area contributed by atoms with Crippen LogP contribution in [-0.2, 0) is 11.2 Å². The summed E-state index contributed by atoms with van der Waals surface area (Å²) in [5, 5.41) is 4.93. The van der Waals surface area contributed by atoms with Gasteiger partial charge >= 0.3 is 0 Å². The molecule has 10 heteroatoms. The van der Waals surface area contributed by atoms with E-state index in [1.54, 1.807) is 43.6 Å². The Hall–Kier alpha value is -3.37. The molecule has 2 aliphatic rings. The molecule has 1 saturated heterocycles. The van der Waals surface area contributed by atoms with Crippen molar-refractivity contribution in [2.75, 3.05) is 32.3 Å². The highest BCUT2D eigenvalue weighted by atomic mass is 32.2. The number of hydrogen-bond donors (Lipinski definition) is 0. The highest BCUT2D eigenvalue weighted by Gasteiger charge is 2.32. The summed E-state index contributed by atoms with van der Waals surface area (Å²) in [6.45, 7) is 0.949. The third-order valence-corrected chi connectivity index (χ3v) is 7.28. The zero-order valence-electron chi connectivity index (χ0n) is 19.6. The number of nitrogens with zero attached hydrogens (tertiary/aromatic N) is 4. The largest absolute Gasteiger partial charge is 0.493 e. The average molecular weight is 495 g/mol. The maximum Gasteiger partial charge on any atom is 0.285 e. The molecule has 2 aliphatic heterocycles. The highest BCUT2D eigenvalue weighted by molar-refractivity contribution is 7.99. The average Bonchev–Trinajstić information content (AvgIpc) is 3.02. The summed E-state index contributed by atoms with van der Waals surface area (Å²) in [4.78, 5) is 33.6. The lowest BCUT2D eigenvalue weighted by molar-refractivity contribution is -0.0429. The van der Waals surface area contributed by atoms with Gasteiger partial charge in [-0.25, -0.2) is 4.98 Å². The van der Waals surface area contributed by atoms with Crippen molar-refractivity contribution >= 4 is 23.4 Å². The number of anilines is 1. The van der Waals surface area contributed by atoms with Crippen LogP contribution in [0.2, 0.25) is 0 Å². The molecule has 3 aromatic rings. The first kappa shape index (κ1) is 23.4. The van der Waals surface area contributed by atoms with Crippen molar-refractivity contribution in [3.05, 3.63) is 64.2 Å². The number of benzene rings is 1. The minimum absolute atomic E-state index is 0.215. The van der Waals surface area contributed by atoms with Gasteiger partial charge in [0.2, 0.25) is 0 Å². The van der Waals surface area contributed by atoms with Gasteiger partial charge in [-0.15, -0.1) is 0 Å². The molecule has 0 radical (unpaired) electrons. The predicted molar refractivity (Wildman–Crippen MR) is 131 cm³/mol. The molecule has 1 amide bonds. The number of rotatable bonds is 6. The van der Waals surface area contributed by atoms with Crippen molar-refractivity contribution in [3.8, 4) is 11.5 Å². The summed E-state index contributed by atoms with van der Waals surface area (Å²) in [6, 6.07) is 9.13. The molecular formula is C25H26N4O5S. The first-order valence-corrected chi connectivity index (χ1v) is 12.3. The lowest BCUT2D eigenvalue weighted by atomic mass is 10.1. The van der Waals surface area contributed by atoms with E-state index in [2.05, 4.69) is 10.1 Å². The van der Waals surface area contributed by atoms with Crippen LogP contribution >= 0.6 is 11.8 Å². The maximum absolute atomic E-state index is 13.6. The molecular weight excluding hydrogens is 468 g/mol. The Kier molecular flexibility index (Phi) is 6.74. The highest BCUT2D eigenvalue weighted by Crippen LogP contribution is 2.38. The van der Waals surface area contributed by atoms with Crippen LogP contribution in [0.15, 0.2) is 57.4 Å². The Labute approximate surface area is 207 Å². The smallest absolute Gasteiger partial charge is 0.285 e. The Bertz CT molecular complexity index is 1310. The molecule has 9 nitrogen and oxygen atoms in total. The fraction of sp³-hybridized carbons (Fsp3) is 0.360. The topological polar surface area (TPSA) is 95.8 Å². The molecule has 0 spiro atoms. The van der Waals surface area contributed by atoms with Crippen LogP contribution in [0.5, 0.6) is 11.5 Å². The summed E-state index contributed by atoms with van der Waals surface area (Å²) in [5.41, 5.74) is 1.63. The Morgan fingerprint density at radius 3 is 2.77 bits per heavy atom. The molecule has 5 rings (SSSR count). The van der Waals surface area contributed by atoms with Crippen LogP contribution in [-0.4, -0.2) is 48.0 Å². The van der Waals surface area contributed by atoms with Gasteiger partial charge in [-0.05, 0) is 55.5 Å². The second-order valence-electron chi connectivity index (χ2n) is 8.28. The van der Waals surface area contributed by atoms with E-state index in [0.717, 1.165) is 24.8 Å². The molecule has 35 heavy (non-hydrogen) atoms. The van der Waals surface area contributed by atoms with Gasteiger partial charge < -0.3 is 19.1 Å². The molecule has 1 atom stereocenters. The summed E-state index contributed by atoms with van der Waals surface area (Å²) in [7, 11) is 3.18. The van der Waals surface area contributed by atoms with Gasteiger partial charge in [-0.3, -0.25) is 9.59 Å². The van der Waals surface area contributed by atoms with Gasteiger partial charge in [0.1, 0.15) is 9.92 Å². The molecule has 0 bridgehead atoms. The molecule has 0 aliphatic carbocycles. The van der Waals surface area contributed by atoms with Crippen molar-refractivity contribution in [2.24, 2.45) is 0 Å². The van der Waals surface area contributed by atoms with E-state index in [0.29, 0.717) is 52.2 Å². The van der Waals surface area contributed by atoms with E-state index < -0.39 is 6.23 Å². The van der Waals surface area contributed by atoms with Gasteiger partial charge in [0.15, 0.2) is 17.7 Å². The minimum Gasteiger partial charge on any atom is -0.493 e. The Morgan fingerprint density at radius 2 is 2.00 bits per heavy atom. The number of hydrogen-bond acceptors (Lipinski definition) is 8. The summed E-state index contributed by atoms with van der Waals surface area (Å²) < 4.78 is 17.9. The van der Waals surface area contributed by atoms with Crippen LogP contribution in [0.3, 0.4) is 0 Å². The number of ether oxygens (including phenoxy) is 3. The molecule has 0 N–H and O–H groups in total. The van der Waals surface area contributed by atoms with Crippen LogP contribution in [0.1, 0.15) is 41.4 Å². The number of fused-ring (bicyclic) bond motifs is 2. The van der Waals surface area contributed by atoms with Crippen molar-refractivity contribution in [3.63, 3.8) is 0 Å². The fourth-order valence-electron chi connectivity index (χ4n) is 4.34. The van der Waals surface area contributed by atoms with Gasteiger partial charge in [0, 0.05) is 19.3 Å². The minimum atomic E-state index is -0.399. The van der Waals surface area contributed by atoms with Crippen molar-refractivity contribution in [1.82, 2.24) is 14.8 Å². The molecule has 4 heterocycles. The number of carbonyl (C=O) groups is 1. The van der Waals surface area contributed by atoms with E-state index in [-0.39, 0.29) is 11.5 Å². The standard InChI is InChI=1S/C25H26N4O5S/c1-32-19-9-8-16(14-20(19)33-2)10-12-28-18-15-27-29(21-7-3-4-13-34-21)25(31)22(18)35-23-17(24(28)30)6-5-11-26-23/h5-6,8-9,11,14-15,21H,3-4,7,10,12-13H2,1-2H3. The SMILES string of the molecule is COc1ccc(CCN2C(=O)c3cccnc3Sc3c2cnn(C2CCCCO2)c3=O)cc1OC. The van der Waals surface area contributed by atoms with E-state index in [9.17, 15) is 9.59 Å². The van der Waals surface area contributed by atoms with Crippen molar-refractivity contribution in [1.29, 1.82) is 0 Å². The number of pyridine rings is 1. The third-order valence-electron chi connectivity index (χ3n) is 6.18. The number of aromatic nitrogens is 3. The molecule has 1 unspecified atom stereocenters. The molecule has 2 aromatic heterocycles. The molecule has 1 fully saturated rings. The molecule has 0 saturated carbocycles. The fourth-order valence-corrected chi connectivity index (χ4v) is 5.36. The van der Waals surface area contributed by atoms with E-state index >= 15 is 0 Å². The molecule has 1 aromatic carbocycles. The number of carbonyl (C=O) groups excluding carboxylic acids is 1. The first-order valence-electron chi connectivity index (χ1n) is 11.5. The van der Waals surface area contributed by atoms with E-state index in [1.807, 2.05) is 18.2 Å². The Morgan fingerprint density at radius 1 is 1.14 bits per heavy atom. The van der Waals surface area contributed by atoms with Crippen LogP contribution in [0, 0.1) is 0 Å². The lowest BCUT2D eigenvalue weighted by Crippen LogP contribution is -2.36. The maximum atomic E-state index is 13.6. The quantitative estimate of drug-likeness (QED) is 0.512. The van der Waals surface area contributed by atoms with E-state index in [1.165, 1.54) is 16.4 Å². The first-order chi connectivity index (χ1) is 17.1. The monoisotopic (exact) mass is 494 g/mol. The van der Waals surface area contributed by atoms with Gasteiger partial charge in [0.25, 0.3) is 11.5 Å². The zero-order valence-corrected chi connectivity index (χ0v) is 20.4. The Balaban J connectivity index is 1.53. The number of methoxy groups -OCH3 is 2. The van der Waals surface area contributed by atoms with Crippen LogP contribution in [0.4, 0.5) is 5.69 Å².